The number of carbonyl (C=O) groups excluding carboxylic acids is 1. The van der Waals surface area contributed by atoms with E-state index >= 15 is 0 Å². The molecule has 0 bridgehead atoms. The number of nitrogens with zero attached hydrogens (tertiary/aromatic N) is 2. The van der Waals surface area contributed by atoms with Crippen LogP contribution in [0.25, 0.3) is 10.4 Å². The van der Waals surface area contributed by atoms with Gasteiger partial charge in [-0.05, 0) is 60.7 Å². The molecule has 0 saturated carbocycles. The van der Waals surface area contributed by atoms with Crippen molar-refractivity contribution < 1.29 is 9.53 Å². The molecule has 5 nitrogen and oxygen atoms in total. The molecule has 0 unspecified atom stereocenters. The Kier molecular flexibility index (Phi) is 7.82. The van der Waals surface area contributed by atoms with Crippen LogP contribution in [0.3, 0.4) is 0 Å². The molecule has 1 amide bonds. The molecule has 4 rings (SSSR count). The summed E-state index contributed by atoms with van der Waals surface area (Å²) in [7, 11) is 0. The van der Waals surface area contributed by atoms with E-state index in [1.54, 1.807) is 23.7 Å². The summed E-state index contributed by atoms with van der Waals surface area (Å²) >= 11 is 1.62. The number of benzene rings is 1. The quantitative estimate of drug-likeness (QED) is 0.497. The van der Waals surface area contributed by atoms with E-state index in [4.69, 9.17) is 4.74 Å². The minimum Gasteiger partial charge on any atom is -0.379 e. The maximum absolute atomic E-state index is 12.5. The van der Waals surface area contributed by atoms with Gasteiger partial charge in [0.1, 0.15) is 0 Å². The zero-order chi connectivity index (χ0) is 21.3. The fourth-order valence-corrected chi connectivity index (χ4v) is 4.69. The number of morpholine rings is 1. The van der Waals surface area contributed by atoms with Crippen molar-refractivity contribution in [1.29, 1.82) is 0 Å². The Labute approximate surface area is 188 Å². The molecule has 0 spiro atoms. The smallest absolute Gasteiger partial charge is 0.228 e. The Morgan fingerprint density at radius 1 is 1.06 bits per heavy atom. The Balaban J connectivity index is 1.23. The van der Waals surface area contributed by atoms with E-state index in [-0.39, 0.29) is 5.91 Å². The number of aromatic nitrogens is 1. The van der Waals surface area contributed by atoms with Crippen LogP contribution >= 0.6 is 11.3 Å². The number of unbranched alkanes of at least 4 members (excludes halogenated alkanes) is 1. The van der Waals surface area contributed by atoms with Gasteiger partial charge in [-0.3, -0.25) is 14.7 Å². The fraction of sp³-hybridized carbons (Fsp3) is 0.360. The molecule has 0 radical (unpaired) electrons. The third-order valence-electron chi connectivity index (χ3n) is 5.50. The van der Waals surface area contributed by atoms with Crippen LogP contribution in [0.5, 0.6) is 0 Å². The molecular formula is C25H29N3O2S. The van der Waals surface area contributed by atoms with Crippen LogP contribution in [0, 0.1) is 0 Å². The molecule has 3 aromatic rings. The molecule has 31 heavy (non-hydrogen) atoms. The maximum Gasteiger partial charge on any atom is 0.228 e. The molecule has 1 fully saturated rings. The molecule has 1 aromatic carbocycles. The number of carbonyl (C=O) groups is 1. The van der Waals surface area contributed by atoms with Gasteiger partial charge >= 0.3 is 0 Å². The number of nitrogens with one attached hydrogen (secondary N) is 1. The summed E-state index contributed by atoms with van der Waals surface area (Å²) in [6, 6.07) is 14.4. The monoisotopic (exact) mass is 435 g/mol. The van der Waals surface area contributed by atoms with Crippen LogP contribution in [0.1, 0.15) is 24.0 Å². The summed E-state index contributed by atoms with van der Waals surface area (Å²) in [5, 5.41) is 5.01. The first-order chi connectivity index (χ1) is 15.3. The topological polar surface area (TPSA) is 54.5 Å². The van der Waals surface area contributed by atoms with E-state index in [0.29, 0.717) is 6.42 Å². The van der Waals surface area contributed by atoms with Crippen LogP contribution in [-0.2, 0) is 22.4 Å². The molecule has 0 atom stereocenters. The molecule has 1 saturated heterocycles. The molecular weight excluding hydrogens is 406 g/mol. The van der Waals surface area contributed by atoms with Crippen molar-refractivity contribution in [2.75, 3.05) is 38.2 Å². The van der Waals surface area contributed by atoms with Crippen molar-refractivity contribution in [3.05, 3.63) is 71.4 Å². The first-order valence-electron chi connectivity index (χ1n) is 10.9. The van der Waals surface area contributed by atoms with Crippen molar-refractivity contribution in [3.63, 3.8) is 0 Å². The van der Waals surface area contributed by atoms with Gasteiger partial charge in [-0.15, -0.1) is 11.3 Å². The van der Waals surface area contributed by atoms with E-state index in [1.807, 2.05) is 29.6 Å². The van der Waals surface area contributed by atoms with E-state index in [1.165, 1.54) is 18.4 Å². The number of hydrogen-bond acceptors (Lipinski definition) is 5. The summed E-state index contributed by atoms with van der Waals surface area (Å²) < 4.78 is 5.40. The van der Waals surface area contributed by atoms with Crippen molar-refractivity contribution in [2.45, 2.75) is 25.7 Å². The van der Waals surface area contributed by atoms with Gasteiger partial charge in [0, 0.05) is 35.7 Å². The van der Waals surface area contributed by atoms with Gasteiger partial charge in [0.2, 0.25) is 5.91 Å². The summed E-state index contributed by atoms with van der Waals surface area (Å²) in [6.07, 6.45) is 7.37. The lowest BCUT2D eigenvalue weighted by Gasteiger charge is -2.26. The zero-order valence-electron chi connectivity index (χ0n) is 17.8. The third kappa shape index (κ3) is 6.72. The highest BCUT2D eigenvalue weighted by Gasteiger charge is 2.10. The lowest BCUT2D eigenvalue weighted by Crippen LogP contribution is -2.36. The largest absolute Gasteiger partial charge is 0.379 e. The van der Waals surface area contributed by atoms with Gasteiger partial charge in [-0.2, -0.15) is 0 Å². The molecule has 162 valence electrons. The average Bonchev–Trinajstić information content (AvgIpc) is 3.27. The average molecular weight is 436 g/mol. The van der Waals surface area contributed by atoms with Crippen molar-refractivity contribution in [2.24, 2.45) is 0 Å². The molecule has 1 aliphatic rings. The molecule has 0 aliphatic carbocycles. The minimum absolute atomic E-state index is 0.0172. The standard InChI is InChI=1S/C25H29N3O2S/c29-25(27-23-18-24(31-19-23)22-7-9-26-10-8-22)17-21-6-3-5-20(16-21)4-1-2-11-28-12-14-30-15-13-28/h3,5-10,16,18-19H,1-2,4,11-15,17H2,(H,27,29). The van der Waals surface area contributed by atoms with Crippen LogP contribution in [0.2, 0.25) is 0 Å². The Hall–Kier alpha value is -2.54. The number of hydrogen-bond donors (Lipinski definition) is 1. The molecule has 1 N–H and O–H groups in total. The van der Waals surface area contributed by atoms with Crippen molar-refractivity contribution in [3.8, 4) is 10.4 Å². The van der Waals surface area contributed by atoms with Gasteiger partial charge in [-0.1, -0.05) is 24.3 Å². The maximum atomic E-state index is 12.5. The number of pyridine rings is 1. The van der Waals surface area contributed by atoms with E-state index in [9.17, 15) is 4.79 Å². The van der Waals surface area contributed by atoms with Crippen molar-refractivity contribution in [1.82, 2.24) is 9.88 Å². The Bertz CT molecular complexity index is 968. The van der Waals surface area contributed by atoms with Crippen molar-refractivity contribution >= 4 is 22.9 Å². The lowest BCUT2D eigenvalue weighted by molar-refractivity contribution is -0.115. The zero-order valence-corrected chi connectivity index (χ0v) is 18.6. The number of aryl methyl sites for hydroxylation is 1. The van der Waals surface area contributed by atoms with Crippen LogP contribution in [0.4, 0.5) is 5.69 Å². The number of thiophene rings is 1. The highest BCUT2D eigenvalue weighted by Crippen LogP contribution is 2.29. The SMILES string of the molecule is O=C(Cc1cccc(CCCCN2CCOCC2)c1)Nc1csc(-c2ccncc2)c1. The second-order valence-corrected chi connectivity index (χ2v) is 8.80. The second-order valence-electron chi connectivity index (χ2n) is 7.89. The van der Waals surface area contributed by atoms with Gasteiger partial charge in [0.15, 0.2) is 0 Å². The predicted molar refractivity (Wildman–Crippen MR) is 127 cm³/mol. The highest BCUT2D eigenvalue weighted by atomic mass is 32.1. The molecule has 3 heterocycles. The Morgan fingerprint density at radius 3 is 2.71 bits per heavy atom. The first kappa shape index (κ1) is 21.7. The van der Waals surface area contributed by atoms with Crippen LogP contribution in [0.15, 0.2) is 60.2 Å². The number of amides is 1. The number of ether oxygens (including phenoxy) is 1. The van der Waals surface area contributed by atoms with Crippen LogP contribution < -0.4 is 5.32 Å². The van der Waals surface area contributed by atoms with E-state index in [2.05, 4.69) is 33.4 Å². The van der Waals surface area contributed by atoms with Crippen LogP contribution in [-0.4, -0.2) is 48.6 Å². The highest BCUT2D eigenvalue weighted by molar-refractivity contribution is 7.14. The fourth-order valence-electron chi connectivity index (χ4n) is 3.84. The normalized spacial score (nSPS) is 14.5. The second kappa shape index (κ2) is 11.2. The predicted octanol–water partition coefficient (Wildman–Crippen LogP) is 4.65. The van der Waals surface area contributed by atoms with E-state index in [0.717, 1.165) is 61.0 Å². The summed E-state index contributed by atoms with van der Waals surface area (Å²) in [5.41, 5.74) is 4.33. The first-order valence-corrected chi connectivity index (χ1v) is 11.8. The molecule has 6 heteroatoms. The number of anilines is 1. The molecule has 2 aromatic heterocycles. The van der Waals surface area contributed by atoms with Gasteiger partial charge in [0.05, 0.1) is 25.3 Å². The van der Waals surface area contributed by atoms with Gasteiger partial charge in [-0.25, -0.2) is 0 Å². The van der Waals surface area contributed by atoms with Gasteiger partial charge < -0.3 is 10.1 Å². The van der Waals surface area contributed by atoms with E-state index < -0.39 is 0 Å². The Morgan fingerprint density at radius 2 is 1.87 bits per heavy atom. The van der Waals surface area contributed by atoms with Gasteiger partial charge in [0.25, 0.3) is 0 Å². The molecule has 1 aliphatic heterocycles. The number of rotatable bonds is 9. The summed E-state index contributed by atoms with van der Waals surface area (Å²) in [5.74, 6) is 0.0172. The summed E-state index contributed by atoms with van der Waals surface area (Å²) in [4.78, 5) is 20.2. The minimum atomic E-state index is 0.0172. The third-order valence-corrected chi connectivity index (χ3v) is 6.48. The summed E-state index contributed by atoms with van der Waals surface area (Å²) in [6.45, 7) is 4.98. The lowest BCUT2D eigenvalue weighted by atomic mass is 10.0.